The molecule has 10 nitrogen and oxygen atoms in total. The molecule has 4 rings (SSSR count). The number of piperidine rings is 2. The lowest BCUT2D eigenvalue weighted by Gasteiger charge is -2.37. The summed E-state index contributed by atoms with van der Waals surface area (Å²) in [5.41, 5.74) is 25.8. The number of nitrogens with one attached hydrogen (secondary N) is 1. The van der Waals surface area contributed by atoms with Gasteiger partial charge < -0.3 is 38.1 Å². The van der Waals surface area contributed by atoms with E-state index in [-0.39, 0.29) is 30.1 Å². The monoisotopic (exact) mass is 425 g/mol. The molecule has 0 aliphatic carbocycles. The highest BCUT2D eigenvalue weighted by molar-refractivity contribution is 6.08. The van der Waals surface area contributed by atoms with Gasteiger partial charge >= 0.3 is 0 Å². The smallest absolute Gasteiger partial charge is 0.259 e. The highest BCUT2D eigenvalue weighted by Gasteiger charge is 2.30. The molecule has 1 aromatic heterocycles. The van der Waals surface area contributed by atoms with Crippen LogP contribution in [-0.4, -0.2) is 66.5 Å². The molecule has 1 amide bonds. The molecule has 4 unspecified atom stereocenters. The summed E-state index contributed by atoms with van der Waals surface area (Å²) in [6.45, 7) is 2.35. The Balaban J connectivity index is 1.67. The first-order chi connectivity index (χ1) is 14.9. The standard InChI is InChI=1S/C21H31N9O/c22-13-6-14(23)10-29(9-13)19-8-18(21(31)26-17-4-2-1-3-5-17)20(28-27-19)30-11-15(24)7-16(25)12-30/h1-5,8,13-16H,6-7,9-12,22-25H2,(H,26,31). The van der Waals surface area contributed by atoms with Crippen molar-refractivity contribution in [3.05, 3.63) is 42.0 Å². The number of anilines is 3. The summed E-state index contributed by atoms with van der Waals surface area (Å²) in [6.07, 6.45) is 1.49. The quantitative estimate of drug-likeness (QED) is 0.432. The van der Waals surface area contributed by atoms with Crippen molar-refractivity contribution < 1.29 is 4.79 Å². The molecule has 2 fully saturated rings. The van der Waals surface area contributed by atoms with Crippen LogP contribution >= 0.6 is 0 Å². The Hall–Kier alpha value is -2.79. The fourth-order valence-electron chi connectivity index (χ4n) is 4.37. The lowest BCUT2D eigenvalue weighted by Crippen LogP contribution is -2.53. The normalized spacial score (nSPS) is 26.6. The second-order valence-corrected chi connectivity index (χ2v) is 8.58. The van der Waals surface area contributed by atoms with Gasteiger partial charge in [0.25, 0.3) is 5.91 Å². The average Bonchev–Trinajstić information content (AvgIpc) is 2.72. The van der Waals surface area contributed by atoms with Crippen molar-refractivity contribution in [3.8, 4) is 0 Å². The van der Waals surface area contributed by atoms with Gasteiger partial charge in [-0.05, 0) is 31.0 Å². The zero-order valence-electron chi connectivity index (χ0n) is 17.5. The van der Waals surface area contributed by atoms with Crippen molar-refractivity contribution in [3.63, 3.8) is 0 Å². The number of hydrogen-bond donors (Lipinski definition) is 5. The molecule has 2 aromatic rings. The van der Waals surface area contributed by atoms with Gasteiger partial charge in [-0.25, -0.2) is 0 Å². The van der Waals surface area contributed by atoms with Gasteiger partial charge in [0.05, 0.1) is 5.56 Å². The Morgan fingerprint density at radius 2 is 1.39 bits per heavy atom. The highest BCUT2D eigenvalue weighted by Crippen LogP contribution is 2.26. The number of benzene rings is 1. The van der Waals surface area contributed by atoms with Crippen LogP contribution in [0.15, 0.2) is 36.4 Å². The predicted molar refractivity (Wildman–Crippen MR) is 122 cm³/mol. The van der Waals surface area contributed by atoms with Crippen LogP contribution in [0.5, 0.6) is 0 Å². The number of amides is 1. The minimum Gasteiger partial charge on any atom is -0.352 e. The molecule has 10 heteroatoms. The summed E-state index contributed by atoms with van der Waals surface area (Å²) in [5, 5.41) is 11.8. The van der Waals surface area contributed by atoms with Crippen LogP contribution in [0.4, 0.5) is 17.3 Å². The second kappa shape index (κ2) is 9.15. The van der Waals surface area contributed by atoms with Gasteiger partial charge in [0.2, 0.25) is 0 Å². The van der Waals surface area contributed by atoms with E-state index in [2.05, 4.69) is 15.5 Å². The van der Waals surface area contributed by atoms with Crippen molar-refractivity contribution in [2.24, 2.45) is 22.9 Å². The van der Waals surface area contributed by atoms with Gasteiger partial charge in [-0.3, -0.25) is 4.79 Å². The first kappa shape index (κ1) is 21.4. The predicted octanol–water partition coefficient (Wildman–Crippen LogP) is -0.542. The van der Waals surface area contributed by atoms with Crippen LogP contribution < -0.4 is 38.1 Å². The van der Waals surface area contributed by atoms with Crippen molar-refractivity contribution in [1.29, 1.82) is 0 Å². The molecule has 166 valence electrons. The fraction of sp³-hybridized carbons (Fsp3) is 0.476. The number of para-hydroxylation sites is 1. The lowest BCUT2D eigenvalue weighted by molar-refractivity contribution is 0.102. The molecule has 2 saturated heterocycles. The van der Waals surface area contributed by atoms with E-state index in [9.17, 15) is 4.79 Å². The van der Waals surface area contributed by atoms with E-state index in [0.717, 1.165) is 12.8 Å². The third-order valence-corrected chi connectivity index (χ3v) is 5.69. The maximum atomic E-state index is 13.3. The highest BCUT2D eigenvalue weighted by atomic mass is 16.1. The Kier molecular flexibility index (Phi) is 6.33. The van der Waals surface area contributed by atoms with Crippen LogP contribution in [0, 0.1) is 0 Å². The van der Waals surface area contributed by atoms with Crippen molar-refractivity contribution in [2.75, 3.05) is 41.3 Å². The summed E-state index contributed by atoms with van der Waals surface area (Å²) in [6, 6.07) is 10.8. The number of aromatic nitrogens is 2. The summed E-state index contributed by atoms with van der Waals surface area (Å²) in [5.74, 6) is 0.794. The van der Waals surface area contributed by atoms with E-state index in [1.807, 2.05) is 40.1 Å². The van der Waals surface area contributed by atoms with Gasteiger partial charge in [-0.1, -0.05) is 18.2 Å². The van der Waals surface area contributed by atoms with Crippen LogP contribution in [-0.2, 0) is 0 Å². The number of hydrogen-bond acceptors (Lipinski definition) is 9. The van der Waals surface area contributed by atoms with E-state index in [1.165, 1.54) is 0 Å². The maximum absolute atomic E-state index is 13.3. The molecule has 0 saturated carbocycles. The molecule has 2 aliphatic heterocycles. The SMILES string of the molecule is NC1CC(N)CN(c2cc(C(=O)Nc3ccccc3)c(N3CC(N)CC(N)C3)nn2)C1. The Bertz CT molecular complexity index is 889. The molecule has 31 heavy (non-hydrogen) atoms. The van der Waals surface area contributed by atoms with Crippen molar-refractivity contribution in [2.45, 2.75) is 37.0 Å². The third kappa shape index (κ3) is 5.10. The summed E-state index contributed by atoms with van der Waals surface area (Å²) >= 11 is 0. The number of nitrogens with two attached hydrogens (primary N) is 4. The summed E-state index contributed by atoms with van der Waals surface area (Å²) < 4.78 is 0. The van der Waals surface area contributed by atoms with Gasteiger partial charge in [0.1, 0.15) is 0 Å². The molecule has 0 radical (unpaired) electrons. The van der Waals surface area contributed by atoms with Gasteiger partial charge in [0.15, 0.2) is 11.6 Å². The number of carbonyl (C=O) groups excluding carboxylic acids is 1. The number of rotatable bonds is 4. The Morgan fingerprint density at radius 1 is 0.839 bits per heavy atom. The van der Waals surface area contributed by atoms with E-state index in [1.54, 1.807) is 6.07 Å². The molecule has 0 bridgehead atoms. The first-order valence-corrected chi connectivity index (χ1v) is 10.7. The van der Waals surface area contributed by atoms with E-state index >= 15 is 0 Å². The van der Waals surface area contributed by atoms with Crippen LogP contribution in [0.2, 0.25) is 0 Å². The molecule has 3 heterocycles. The van der Waals surface area contributed by atoms with E-state index in [4.69, 9.17) is 22.9 Å². The maximum Gasteiger partial charge on any atom is 0.259 e. The lowest BCUT2D eigenvalue weighted by atomic mass is 10.0. The largest absolute Gasteiger partial charge is 0.352 e. The zero-order valence-corrected chi connectivity index (χ0v) is 17.5. The first-order valence-electron chi connectivity index (χ1n) is 10.7. The fourth-order valence-corrected chi connectivity index (χ4v) is 4.37. The third-order valence-electron chi connectivity index (χ3n) is 5.69. The van der Waals surface area contributed by atoms with Crippen LogP contribution in [0.1, 0.15) is 23.2 Å². The summed E-state index contributed by atoms with van der Waals surface area (Å²) in [4.78, 5) is 17.2. The molecular formula is C21H31N9O. The van der Waals surface area contributed by atoms with E-state index in [0.29, 0.717) is 49.1 Å². The molecule has 9 N–H and O–H groups in total. The average molecular weight is 426 g/mol. The Morgan fingerprint density at radius 3 is 1.97 bits per heavy atom. The molecule has 4 atom stereocenters. The van der Waals surface area contributed by atoms with Crippen molar-refractivity contribution >= 4 is 23.2 Å². The zero-order chi connectivity index (χ0) is 22.0. The minimum atomic E-state index is -0.268. The number of nitrogens with zero attached hydrogens (tertiary/aromatic N) is 4. The molecular weight excluding hydrogens is 394 g/mol. The molecule has 2 aliphatic rings. The van der Waals surface area contributed by atoms with Crippen molar-refractivity contribution in [1.82, 2.24) is 10.2 Å². The van der Waals surface area contributed by atoms with Gasteiger partial charge in [0, 0.05) is 56.0 Å². The minimum absolute atomic E-state index is 0.0510. The van der Waals surface area contributed by atoms with Crippen LogP contribution in [0.3, 0.4) is 0 Å². The topological polar surface area (TPSA) is 165 Å². The summed E-state index contributed by atoms with van der Waals surface area (Å²) in [7, 11) is 0. The van der Waals surface area contributed by atoms with Gasteiger partial charge in [-0.15, -0.1) is 10.2 Å². The number of carbonyl (C=O) groups is 1. The molecule has 1 aromatic carbocycles. The van der Waals surface area contributed by atoms with Gasteiger partial charge in [-0.2, -0.15) is 0 Å². The Labute approximate surface area is 181 Å². The van der Waals surface area contributed by atoms with Crippen LogP contribution in [0.25, 0.3) is 0 Å². The molecule has 0 spiro atoms. The van der Waals surface area contributed by atoms with E-state index < -0.39 is 0 Å². The second-order valence-electron chi connectivity index (χ2n) is 8.58.